The van der Waals surface area contributed by atoms with Crippen LogP contribution in [0.5, 0.6) is 5.75 Å². The third-order valence-corrected chi connectivity index (χ3v) is 14.0. The Labute approximate surface area is 211 Å². The molecule has 1 fully saturated rings. The Morgan fingerprint density at radius 1 is 0.743 bits per heavy atom. The van der Waals surface area contributed by atoms with Crippen LogP contribution in [0.2, 0.25) is 0 Å². The van der Waals surface area contributed by atoms with Crippen molar-refractivity contribution in [3.8, 4) is 5.75 Å². The minimum atomic E-state index is -1.83. The molecular weight excluding hydrogens is 450 g/mol. The van der Waals surface area contributed by atoms with Gasteiger partial charge in [0.2, 0.25) is 0 Å². The van der Waals surface area contributed by atoms with Gasteiger partial charge in [0, 0.05) is 12.6 Å². The molecule has 4 aromatic carbocycles. The highest BCUT2D eigenvalue weighted by molar-refractivity contribution is 7.76. The molecule has 0 bridgehead atoms. The lowest BCUT2D eigenvalue weighted by Gasteiger charge is -2.35. The van der Waals surface area contributed by atoms with Crippen molar-refractivity contribution in [2.75, 3.05) is 18.5 Å². The molecule has 1 saturated carbocycles. The standard InChI is InChI=1S/C18H13BO3.C12H26P/c20-19(21)22-17-7-3-6-12-8-9-15-10-13-4-1-2-5-14(13)11-16(15)18(12)17;1-4-13(5-2,6-3)12-10-8-7-9-11-12/h1-11,20-21H;12H,4-11H2,1-3H3/q;+1. The molecule has 0 saturated heterocycles. The average Bonchev–Trinajstić information content (AvgIpc) is 2.89. The number of rotatable bonds is 6. The third kappa shape index (κ3) is 5.66. The molecule has 1 aliphatic carbocycles. The van der Waals surface area contributed by atoms with Crippen LogP contribution in [0, 0.1) is 0 Å². The van der Waals surface area contributed by atoms with E-state index in [-0.39, 0.29) is 0 Å². The fraction of sp³-hybridized carbons (Fsp3) is 0.400. The van der Waals surface area contributed by atoms with E-state index in [4.69, 9.17) is 14.7 Å². The maximum Gasteiger partial charge on any atom is 0.707 e. The minimum absolute atomic E-state index is 0.466. The summed E-state index contributed by atoms with van der Waals surface area (Å²) in [4.78, 5) is 0. The van der Waals surface area contributed by atoms with Crippen molar-refractivity contribution in [2.45, 2.75) is 58.5 Å². The summed E-state index contributed by atoms with van der Waals surface area (Å²) in [6.07, 6.45) is 12.2. The summed E-state index contributed by atoms with van der Waals surface area (Å²) in [5.74, 6) is 0.466. The van der Waals surface area contributed by atoms with Gasteiger partial charge in [-0.05, 0) is 91.6 Å². The Hall–Kier alpha value is -2.13. The van der Waals surface area contributed by atoms with Crippen LogP contribution < -0.4 is 4.65 Å². The second-order valence-corrected chi connectivity index (χ2v) is 14.8. The molecular formula is C30H39BO3P+. The predicted molar refractivity (Wildman–Crippen MR) is 155 cm³/mol. The predicted octanol–water partition coefficient (Wildman–Crippen LogP) is 7.89. The molecule has 5 heteroatoms. The molecule has 0 spiro atoms. The molecule has 0 aromatic heterocycles. The van der Waals surface area contributed by atoms with E-state index in [1.807, 2.05) is 30.3 Å². The lowest BCUT2D eigenvalue weighted by atomic mass is 9.97. The van der Waals surface area contributed by atoms with Gasteiger partial charge in [0.15, 0.2) is 0 Å². The summed E-state index contributed by atoms with van der Waals surface area (Å²) in [6, 6.07) is 22.1. The smallest absolute Gasteiger partial charge is 0.511 e. The van der Waals surface area contributed by atoms with Crippen molar-refractivity contribution < 1.29 is 14.7 Å². The lowest BCUT2D eigenvalue weighted by Crippen LogP contribution is -2.22. The Morgan fingerprint density at radius 3 is 1.97 bits per heavy atom. The highest BCUT2D eigenvalue weighted by Gasteiger charge is 2.40. The monoisotopic (exact) mass is 489 g/mol. The van der Waals surface area contributed by atoms with Crippen LogP contribution in [-0.4, -0.2) is 41.5 Å². The van der Waals surface area contributed by atoms with Crippen LogP contribution in [0.1, 0.15) is 52.9 Å². The quantitative estimate of drug-likeness (QED) is 0.125. The van der Waals surface area contributed by atoms with Crippen LogP contribution in [0.15, 0.2) is 66.7 Å². The van der Waals surface area contributed by atoms with E-state index in [2.05, 4.69) is 51.1 Å². The molecule has 0 heterocycles. The Morgan fingerprint density at radius 2 is 1.34 bits per heavy atom. The van der Waals surface area contributed by atoms with Gasteiger partial charge >= 0.3 is 7.32 Å². The zero-order valence-corrected chi connectivity index (χ0v) is 22.3. The summed E-state index contributed by atoms with van der Waals surface area (Å²) >= 11 is 0. The van der Waals surface area contributed by atoms with E-state index in [1.54, 1.807) is 18.9 Å². The molecule has 35 heavy (non-hydrogen) atoms. The average molecular weight is 489 g/mol. The van der Waals surface area contributed by atoms with Gasteiger partial charge in [0.25, 0.3) is 0 Å². The van der Waals surface area contributed by atoms with E-state index < -0.39 is 14.6 Å². The van der Waals surface area contributed by atoms with Crippen LogP contribution in [0.25, 0.3) is 32.3 Å². The fourth-order valence-electron chi connectivity index (χ4n) is 6.05. The molecule has 0 radical (unpaired) electrons. The second kappa shape index (κ2) is 11.7. The number of fused-ring (bicyclic) bond motifs is 4. The number of hydrogen-bond acceptors (Lipinski definition) is 3. The molecule has 4 aromatic rings. The summed E-state index contributed by atoms with van der Waals surface area (Å²) in [5, 5.41) is 24.6. The van der Waals surface area contributed by atoms with Gasteiger partial charge in [-0.15, -0.1) is 0 Å². The van der Waals surface area contributed by atoms with E-state index in [0.717, 1.165) is 32.6 Å². The van der Waals surface area contributed by atoms with Gasteiger partial charge in [0.1, 0.15) is 5.75 Å². The van der Waals surface area contributed by atoms with Gasteiger partial charge in [0.05, 0.1) is 24.1 Å². The summed E-state index contributed by atoms with van der Waals surface area (Å²) in [5.41, 5.74) is 1.15. The van der Waals surface area contributed by atoms with E-state index in [9.17, 15) is 0 Å². The number of hydrogen-bond donors (Lipinski definition) is 2. The van der Waals surface area contributed by atoms with Crippen molar-refractivity contribution in [3.05, 3.63) is 66.7 Å². The Balaban J connectivity index is 0.000000191. The van der Waals surface area contributed by atoms with Gasteiger partial charge < -0.3 is 14.7 Å². The first-order chi connectivity index (χ1) is 17.0. The SMILES string of the molecule is CC[P+](CC)(CC)C1CCCCC1.OB(O)Oc1cccc2ccc3cc4ccccc4cc3c12. The summed E-state index contributed by atoms with van der Waals surface area (Å²) < 4.78 is 5.16. The third-order valence-electron chi connectivity index (χ3n) is 8.16. The van der Waals surface area contributed by atoms with Crippen LogP contribution >= 0.6 is 7.26 Å². The first kappa shape index (κ1) is 26.0. The topological polar surface area (TPSA) is 49.7 Å². The highest BCUT2D eigenvalue weighted by atomic mass is 31.2. The maximum atomic E-state index is 9.14. The summed E-state index contributed by atoms with van der Waals surface area (Å²) in [7, 11) is -2.35. The highest BCUT2D eigenvalue weighted by Crippen LogP contribution is 2.65. The maximum absolute atomic E-state index is 9.14. The molecule has 0 aliphatic heterocycles. The molecule has 0 atom stereocenters. The largest absolute Gasteiger partial charge is 0.707 e. The minimum Gasteiger partial charge on any atom is -0.511 e. The van der Waals surface area contributed by atoms with Crippen LogP contribution in [-0.2, 0) is 0 Å². The lowest BCUT2D eigenvalue weighted by molar-refractivity contribution is 0.289. The first-order valence-electron chi connectivity index (χ1n) is 13.2. The van der Waals surface area contributed by atoms with E-state index in [1.165, 1.54) is 43.1 Å². The van der Waals surface area contributed by atoms with Crippen molar-refractivity contribution >= 4 is 46.9 Å². The zero-order valence-electron chi connectivity index (χ0n) is 21.4. The Bertz CT molecular complexity index is 1250. The first-order valence-corrected chi connectivity index (χ1v) is 15.7. The normalized spacial score (nSPS) is 14.7. The molecule has 0 unspecified atom stereocenters. The molecule has 1 aliphatic rings. The second-order valence-electron chi connectivity index (χ2n) is 9.74. The van der Waals surface area contributed by atoms with Crippen LogP contribution in [0.4, 0.5) is 0 Å². The van der Waals surface area contributed by atoms with Crippen molar-refractivity contribution in [1.82, 2.24) is 0 Å². The summed E-state index contributed by atoms with van der Waals surface area (Å²) in [6.45, 7) is 7.32. The fourth-order valence-corrected chi connectivity index (χ4v) is 10.4. The van der Waals surface area contributed by atoms with E-state index in [0.29, 0.717) is 5.75 Å². The van der Waals surface area contributed by atoms with Crippen LogP contribution in [0.3, 0.4) is 0 Å². The van der Waals surface area contributed by atoms with Gasteiger partial charge in [-0.2, -0.15) is 0 Å². The van der Waals surface area contributed by atoms with Gasteiger partial charge in [-0.3, -0.25) is 0 Å². The molecule has 184 valence electrons. The van der Waals surface area contributed by atoms with Gasteiger partial charge in [-0.1, -0.05) is 55.0 Å². The molecule has 2 N–H and O–H groups in total. The Kier molecular flexibility index (Phi) is 8.70. The zero-order chi connectivity index (χ0) is 24.8. The molecule has 3 nitrogen and oxygen atoms in total. The molecule has 5 rings (SSSR count). The molecule has 0 amide bonds. The van der Waals surface area contributed by atoms with E-state index >= 15 is 0 Å². The number of benzene rings is 4. The van der Waals surface area contributed by atoms with Crippen molar-refractivity contribution in [2.24, 2.45) is 0 Å². The van der Waals surface area contributed by atoms with Crippen molar-refractivity contribution in [3.63, 3.8) is 0 Å². The van der Waals surface area contributed by atoms with Gasteiger partial charge in [-0.25, -0.2) is 0 Å². The van der Waals surface area contributed by atoms with Crippen molar-refractivity contribution in [1.29, 1.82) is 0 Å².